The molecular formula is C17H22N4O3. The molecule has 0 spiro atoms. The summed E-state index contributed by atoms with van der Waals surface area (Å²) in [6, 6.07) is 1.66. The summed E-state index contributed by atoms with van der Waals surface area (Å²) >= 11 is 0. The average molecular weight is 330 g/mol. The first kappa shape index (κ1) is 16.3. The topological polar surface area (TPSA) is 80.4 Å². The smallest absolute Gasteiger partial charge is 0.257 e. The number of carbonyl (C=O) groups is 2. The first-order valence-electron chi connectivity index (χ1n) is 8.21. The number of amides is 2. The van der Waals surface area contributed by atoms with Crippen LogP contribution < -0.4 is 5.32 Å². The van der Waals surface area contributed by atoms with Crippen LogP contribution in [0.2, 0.25) is 0 Å². The van der Waals surface area contributed by atoms with Crippen molar-refractivity contribution in [3.05, 3.63) is 42.9 Å². The molecule has 3 heterocycles. The van der Waals surface area contributed by atoms with Crippen molar-refractivity contribution in [1.82, 2.24) is 19.8 Å². The van der Waals surface area contributed by atoms with Crippen LogP contribution in [0.25, 0.3) is 0 Å². The van der Waals surface area contributed by atoms with Crippen LogP contribution in [-0.2, 0) is 11.3 Å². The van der Waals surface area contributed by atoms with E-state index < -0.39 is 0 Å². The molecule has 0 saturated carbocycles. The average Bonchev–Trinajstić information content (AvgIpc) is 3.27. The molecule has 0 aliphatic carbocycles. The second kappa shape index (κ2) is 7.33. The van der Waals surface area contributed by atoms with Gasteiger partial charge in [-0.3, -0.25) is 9.59 Å². The summed E-state index contributed by atoms with van der Waals surface area (Å²) in [7, 11) is 0. The molecule has 128 valence electrons. The SMILES string of the molecule is CC(Cn1ccnc1)NC(=O)C1CCCN(C(=O)c2ccoc2)C1. The molecule has 7 heteroatoms. The fourth-order valence-corrected chi connectivity index (χ4v) is 3.06. The molecule has 1 fully saturated rings. The lowest BCUT2D eigenvalue weighted by Crippen LogP contribution is -2.47. The largest absolute Gasteiger partial charge is 0.472 e. The normalized spacial score (nSPS) is 19.0. The number of imidazole rings is 1. The first-order valence-corrected chi connectivity index (χ1v) is 8.21. The zero-order valence-electron chi connectivity index (χ0n) is 13.7. The zero-order chi connectivity index (χ0) is 16.9. The molecule has 7 nitrogen and oxygen atoms in total. The van der Waals surface area contributed by atoms with Crippen molar-refractivity contribution in [3.63, 3.8) is 0 Å². The second-order valence-corrected chi connectivity index (χ2v) is 6.27. The van der Waals surface area contributed by atoms with Gasteiger partial charge in [-0.05, 0) is 25.8 Å². The first-order chi connectivity index (χ1) is 11.6. The van der Waals surface area contributed by atoms with Gasteiger partial charge in [0.05, 0.1) is 24.1 Å². The van der Waals surface area contributed by atoms with Gasteiger partial charge in [-0.2, -0.15) is 0 Å². The molecule has 2 aromatic rings. The van der Waals surface area contributed by atoms with Crippen molar-refractivity contribution in [3.8, 4) is 0 Å². The van der Waals surface area contributed by atoms with Crippen LogP contribution in [0.5, 0.6) is 0 Å². The van der Waals surface area contributed by atoms with Gasteiger partial charge < -0.3 is 19.2 Å². The van der Waals surface area contributed by atoms with E-state index in [1.807, 2.05) is 17.7 Å². The van der Waals surface area contributed by atoms with Crippen LogP contribution in [0.15, 0.2) is 41.7 Å². The number of likely N-dealkylation sites (tertiary alicyclic amines) is 1. The van der Waals surface area contributed by atoms with Crippen LogP contribution >= 0.6 is 0 Å². The lowest BCUT2D eigenvalue weighted by atomic mass is 9.96. The molecule has 2 unspecified atom stereocenters. The highest BCUT2D eigenvalue weighted by atomic mass is 16.3. The van der Waals surface area contributed by atoms with Gasteiger partial charge in [0.2, 0.25) is 5.91 Å². The van der Waals surface area contributed by atoms with E-state index in [-0.39, 0.29) is 23.8 Å². The number of rotatable bonds is 5. The van der Waals surface area contributed by atoms with E-state index >= 15 is 0 Å². The van der Waals surface area contributed by atoms with Crippen molar-refractivity contribution in [1.29, 1.82) is 0 Å². The Kier molecular flexibility index (Phi) is 4.98. The Bertz CT molecular complexity index is 666. The second-order valence-electron chi connectivity index (χ2n) is 6.27. The van der Waals surface area contributed by atoms with Gasteiger partial charge in [-0.25, -0.2) is 4.98 Å². The number of furan rings is 1. The molecule has 1 aliphatic heterocycles. The molecule has 1 N–H and O–H groups in total. The maximum Gasteiger partial charge on any atom is 0.257 e. The molecule has 2 aromatic heterocycles. The van der Waals surface area contributed by atoms with Crippen molar-refractivity contribution >= 4 is 11.8 Å². The Balaban J connectivity index is 1.54. The third-order valence-electron chi connectivity index (χ3n) is 4.28. The number of nitrogens with zero attached hydrogens (tertiary/aromatic N) is 3. The van der Waals surface area contributed by atoms with Gasteiger partial charge in [-0.1, -0.05) is 0 Å². The standard InChI is InChI=1S/C17H22N4O3/c1-13(9-20-7-5-18-12-20)19-16(22)14-3-2-6-21(10-14)17(23)15-4-8-24-11-15/h4-5,7-8,11-14H,2-3,6,9-10H2,1H3,(H,19,22). The lowest BCUT2D eigenvalue weighted by Gasteiger charge is -2.32. The summed E-state index contributed by atoms with van der Waals surface area (Å²) in [5.41, 5.74) is 0.532. The molecule has 0 aromatic carbocycles. The van der Waals surface area contributed by atoms with E-state index in [0.29, 0.717) is 25.2 Å². The van der Waals surface area contributed by atoms with E-state index in [1.54, 1.807) is 23.5 Å². The third kappa shape index (κ3) is 3.84. The Morgan fingerprint density at radius 2 is 2.38 bits per heavy atom. The Morgan fingerprint density at radius 3 is 3.08 bits per heavy atom. The fraction of sp³-hybridized carbons (Fsp3) is 0.471. The predicted octanol–water partition coefficient (Wildman–Crippen LogP) is 1.53. The Hall–Kier alpha value is -2.57. The fourth-order valence-electron chi connectivity index (χ4n) is 3.06. The Morgan fingerprint density at radius 1 is 1.50 bits per heavy atom. The summed E-state index contributed by atoms with van der Waals surface area (Å²) in [4.78, 5) is 30.6. The van der Waals surface area contributed by atoms with Crippen LogP contribution in [0, 0.1) is 5.92 Å². The van der Waals surface area contributed by atoms with Gasteiger partial charge in [0.25, 0.3) is 5.91 Å². The molecule has 2 atom stereocenters. The van der Waals surface area contributed by atoms with Gasteiger partial charge >= 0.3 is 0 Å². The minimum Gasteiger partial charge on any atom is -0.472 e. The van der Waals surface area contributed by atoms with E-state index in [0.717, 1.165) is 12.8 Å². The third-order valence-corrected chi connectivity index (χ3v) is 4.28. The Labute approximate surface area is 140 Å². The highest BCUT2D eigenvalue weighted by Crippen LogP contribution is 2.19. The highest BCUT2D eigenvalue weighted by molar-refractivity contribution is 5.94. The number of piperidine rings is 1. The molecule has 0 bridgehead atoms. The molecule has 1 saturated heterocycles. The quantitative estimate of drug-likeness (QED) is 0.901. The van der Waals surface area contributed by atoms with Gasteiger partial charge in [0.15, 0.2) is 0 Å². The summed E-state index contributed by atoms with van der Waals surface area (Å²) < 4.78 is 6.90. The van der Waals surface area contributed by atoms with Gasteiger partial charge in [0.1, 0.15) is 6.26 Å². The minimum atomic E-state index is -0.167. The monoisotopic (exact) mass is 330 g/mol. The minimum absolute atomic E-state index is 0.00616. The van der Waals surface area contributed by atoms with E-state index in [2.05, 4.69) is 10.3 Å². The van der Waals surface area contributed by atoms with Crippen molar-refractivity contribution < 1.29 is 14.0 Å². The molecule has 3 rings (SSSR count). The number of carbonyl (C=O) groups excluding carboxylic acids is 2. The van der Waals surface area contributed by atoms with Gasteiger partial charge in [-0.15, -0.1) is 0 Å². The van der Waals surface area contributed by atoms with E-state index in [4.69, 9.17) is 4.42 Å². The molecular weight excluding hydrogens is 308 g/mol. The molecule has 1 aliphatic rings. The van der Waals surface area contributed by atoms with Crippen LogP contribution in [0.4, 0.5) is 0 Å². The maximum absolute atomic E-state index is 12.5. The summed E-state index contributed by atoms with van der Waals surface area (Å²) in [6.45, 7) is 3.78. The predicted molar refractivity (Wildman–Crippen MR) is 87.2 cm³/mol. The van der Waals surface area contributed by atoms with E-state index in [9.17, 15) is 9.59 Å². The van der Waals surface area contributed by atoms with Crippen molar-refractivity contribution in [2.75, 3.05) is 13.1 Å². The lowest BCUT2D eigenvalue weighted by molar-refractivity contribution is -0.127. The number of hydrogen-bond acceptors (Lipinski definition) is 4. The number of hydrogen-bond donors (Lipinski definition) is 1. The van der Waals surface area contributed by atoms with Crippen LogP contribution in [0.1, 0.15) is 30.1 Å². The highest BCUT2D eigenvalue weighted by Gasteiger charge is 2.29. The van der Waals surface area contributed by atoms with Crippen LogP contribution in [0.3, 0.4) is 0 Å². The van der Waals surface area contributed by atoms with Gasteiger partial charge in [0, 0.05) is 38.1 Å². The van der Waals surface area contributed by atoms with E-state index in [1.165, 1.54) is 12.5 Å². The van der Waals surface area contributed by atoms with Crippen molar-refractivity contribution in [2.45, 2.75) is 32.4 Å². The number of aromatic nitrogens is 2. The number of nitrogens with one attached hydrogen (secondary N) is 1. The summed E-state index contributed by atoms with van der Waals surface area (Å²) in [5, 5.41) is 3.04. The van der Waals surface area contributed by atoms with Crippen molar-refractivity contribution in [2.24, 2.45) is 5.92 Å². The molecule has 0 radical (unpaired) electrons. The molecule has 24 heavy (non-hydrogen) atoms. The molecule has 2 amide bonds. The summed E-state index contributed by atoms with van der Waals surface area (Å²) in [5.74, 6) is -0.236. The maximum atomic E-state index is 12.5. The zero-order valence-corrected chi connectivity index (χ0v) is 13.7. The van der Waals surface area contributed by atoms with Crippen LogP contribution in [-0.4, -0.2) is 45.4 Å². The summed E-state index contributed by atoms with van der Waals surface area (Å²) in [6.07, 6.45) is 9.88.